The summed E-state index contributed by atoms with van der Waals surface area (Å²) in [5.41, 5.74) is 5.35. The number of benzene rings is 1. The number of carbonyl (C=O) groups excluding carboxylic acids is 1. The molecule has 1 saturated heterocycles. The number of pyridine rings is 1. The summed E-state index contributed by atoms with van der Waals surface area (Å²) < 4.78 is 35.2. The molecule has 1 atom stereocenters. The first-order chi connectivity index (χ1) is 14.8. The van der Waals surface area contributed by atoms with E-state index >= 15 is 0 Å². The maximum absolute atomic E-state index is 13.5. The van der Waals surface area contributed by atoms with E-state index in [1.54, 1.807) is 24.3 Å². The highest BCUT2D eigenvalue weighted by Gasteiger charge is 2.60. The number of nitrogens with two attached hydrogens (primary N) is 1. The molecule has 2 aromatic rings. The molecule has 1 aromatic heterocycles. The number of hydrogen-bond acceptors (Lipinski definition) is 6. The van der Waals surface area contributed by atoms with Crippen molar-refractivity contribution in [3.8, 4) is 0 Å². The van der Waals surface area contributed by atoms with Crippen molar-refractivity contribution in [2.24, 2.45) is 11.7 Å². The Morgan fingerprint density at radius 1 is 1.13 bits per heavy atom. The minimum Gasteiger partial charge on any atom is -0.444 e. The van der Waals surface area contributed by atoms with Gasteiger partial charge in [0.1, 0.15) is 0 Å². The molecule has 0 bridgehead atoms. The first-order valence-electron chi connectivity index (χ1n) is 10.9. The van der Waals surface area contributed by atoms with Gasteiger partial charge in [-0.15, -0.1) is 0 Å². The fourth-order valence-electron chi connectivity index (χ4n) is 5.19. The van der Waals surface area contributed by atoms with Gasteiger partial charge in [0.15, 0.2) is 6.73 Å². The van der Waals surface area contributed by atoms with Crippen molar-refractivity contribution in [1.29, 1.82) is 0 Å². The van der Waals surface area contributed by atoms with Crippen LogP contribution in [0.1, 0.15) is 44.9 Å². The second-order valence-corrected chi connectivity index (χ2v) is 10.8. The lowest BCUT2D eigenvalue weighted by molar-refractivity contribution is -0.152. The van der Waals surface area contributed by atoms with E-state index in [1.807, 2.05) is 0 Å². The monoisotopic (exact) mass is 445 g/mol. The van der Waals surface area contributed by atoms with Crippen LogP contribution in [0.25, 0.3) is 10.8 Å². The molecule has 8 nitrogen and oxygen atoms in total. The third-order valence-corrected chi connectivity index (χ3v) is 9.21. The normalized spacial score (nSPS) is 23.6. The Balaban J connectivity index is 1.46. The van der Waals surface area contributed by atoms with Crippen molar-refractivity contribution in [3.63, 3.8) is 0 Å². The number of esters is 1. The summed E-state index contributed by atoms with van der Waals surface area (Å²) in [6.07, 6.45) is 7.39. The SMILES string of the molecule is N[C@H]1CCN(S(=O)(=O)c2cccc3c(=O)n(COC(=O)C4CCCC4)ccc23)C12CC2. The first-order valence-corrected chi connectivity index (χ1v) is 12.4. The second kappa shape index (κ2) is 7.43. The molecule has 2 saturated carbocycles. The summed E-state index contributed by atoms with van der Waals surface area (Å²) in [4.78, 5) is 25.3. The molecule has 0 amide bonds. The highest BCUT2D eigenvalue weighted by atomic mass is 32.2. The van der Waals surface area contributed by atoms with Crippen LogP contribution in [0.3, 0.4) is 0 Å². The van der Waals surface area contributed by atoms with E-state index in [4.69, 9.17) is 10.5 Å². The summed E-state index contributed by atoms with van der Waals surface area (Å²) in [5, 5.41) is 0.663. The lowest BCUT2D eigenvalue weighted by Crippen LogP contribution is -2.44. The number of fused-ring (bicyclic) bond motifs is 1. The summed E-state index contributed by atoms with van der Waals surface area (Å²) in [5.74, 6) is -0.365. The lowest BCUT2D eigenvalue weighted by atomic mass is 10.1. The van der Waals surface area contributed by atoms with Gasteiger partial charge in [-0.1, -0.05) is 18.9 Å². The molecule has 3 aliphatic rings. The Morgan fingerprint density at radius 3 is 2.58 bits per heavy atom. The molecule has 2 heterocycles. The summed E-state index contributed by atoms with van der Waals surface area (Å²) in [7, 11) is -3.79. The van der Waals surface area contributed by atoms with Crippen LogP contribution < -0.4 is 11.3 Å². The van der Waals surface area contributed by atoms with Crippen molar-refractivity contribution in [2.45, 2.75) is 68.2 Å². The zero-order chi connectivity index (χ0) is 21.8. The Hall–Kier alpha value is -2.23. The van der Waals surface area contributed by atoms with Gasteiger partial charge >= 0.3 is 5.97 Å². The van der Waals surface area contributed by atoms with Crippen molar-refractivity contribution in [2.75, 3.05) is 6.54 Å². The maximum atomic E-state index is 13.5. The van der Waals surface area contributed by atoms with Gasteiger partial charge in [-0.25, -0.2) is 8.42 Å². The summed E-state index contributed by atoms with van der Waals surface area (Å²) in [6, 6.07) is 6.20. The fraction of sp³-hybridized carbons (Fsp3) is 0.545. The van der Waals surface area contributed by atoms with Gasteiger partial charge in [-0.05, 0) is 50.3 Å². The third kappa shape index (κ3) is 3.30. The van der Waals surface area contributed by atoms with Crippen LogP contribution in [0.5, 0.6) is 0 Å². The molecule has 3 fully saturated rings. The van der Waals surface area contributed by atoms with E-state index < -0.39 is 15.6 Å². The van der Waals surface area contributed by atoms with Crippen molar-refractivity contribution in [1.82, 2.24) is 8.87 Å². The molecule has 1 aliphatic heterocycles. The van der Waals surface area contributed by atoms with Crippen molar-refractivity contribution < 1.29 is 17.9 Å². The molecule has 5 rings (SSSR count). The van der Waals surface area contributed by atoms with Crippen LogP contribution in [0.15, 0.2) is 40.2 Å². The van der Waals surface area contributed by atoms with E-state index in [1.165, 1.54) is 15.1 Å². The minimum absolute atomic E-state index is 0.0884. The molecule has 0 radical (unpaired) electrons. The Labute approximate surface area is 181 Å². The molecule has 0 unspecified atom stereocenters. The molecular formula is C22H27N3O5S. The van der Waals surface area contributed by atoms with E-state index in [2.05, 4.69) is 0 Å². The van der Waals surface area contributed by atoms with Crippen LogP contribution in [0.4, 0.5) is 0 Å². The number of aromatic nitrogens is 1. The fourth-order valence-corrected chi connectivity index (χ4v) is 7.27. The van der Waals surface area contributed by atoms with Gasteiger partial charge in [0.2, 0.25) is 10.0 Å². The van der Waals surface area contributed by atoms with Crippen LogP contribution in [-0.2, 0) is 26.3 Å². The number of ether oxygens (including phenoxy) is 1. The molecule has 9 heteroatoms. The minimum atomic E-state index is -3.79. The number of rotatable bonds is 5. The Bertz CT molecular complexity index is 1200. The van der Waals surface area contributed by atoms with Gasteiger partial charge in [0, 0.05) is 29.6 Å². The maximum Gasteiger partial charge on any atom is 0.310 e. The van der Waals surface area contributed by atoms with Crippen molar-refractivity contribution in [3.05, 3.63) is 40.8 Å². The number of carbonyl (C=O) groups is 1. The quantitative estimate of drug-likeness (QED) is 0.704. The zero-order valence-corrected chi connectivity index (χ0v) is 18.1. The molecule has 2 N–H and O–H groups in total. The van der Waals surface area contributed by atoms with Gasteiger partial charge in [-0.3, -0.25) is 14.2 Å². The van der Waals surface area contributed by atoms with E-state index in [0.29, 0.717) is 18.4 Å². The van der Waals surface area contributed by atoms with Gasteiger partial charge < -0.3 is 10.5 Å². The lowest BCUT2D eigenvalue weighted by Gasteiger charge is -2.26. The van der Waals surface area contributed by atoms with Crippen LogP contribution in [-0.4, -0.2) is 41.4 Å². The third-order valence-electron chi connectivity index (χ3n) is 7.17. The number of nitrogens with zero attached hydrogens (tertiary/aromatic N) is 2. The van der Waals surface area contributed by atoms with Gasteiger partial charge in [0.25, 0.3) is 5.56 Å². The largest absolute Gasteiger partial charge is 0.444 e. The second-order valence-electron chi connectivity index (χ2n) is 8.96. The van der Waals surface area contributed by atoms with Gasteiger partial charge in [-0.2, -0.15) is 4.31 Å². The van der Waals surface area contributed by atoms with E-state index in [0.717, 1.165) is 38.5 Å². The molecule has 166 valence electrons. The summed E-state index contributed by atoms with van der Waals surface area (Å²) >= 11 is 0. The Kier molecular flexibility index (Phi) is 4.95. The van der Waals surface area contributed by atoms with E-state index in [-0.39, 0.29) is 40.5 Å². The highest BCUT2D eigenvalue weighted by molar-refractivity contribution is 7.89. The van der Waals surface area contributed by atoms with Gasteiger partial charge in [0.05, 0.1) is 16.4 Å². The first kappa shape index (κ1) is 20.7. The van der Waals surface area contributed by atoms with Crippen molar-refractivity contribution >= 4 is 26.8 Å². The standard InChI is InChI=1S/C22H27N3O5S/c23-19-9-13-25(22(19)10-11-22)31(28,29)18-7-3-6-17-16(18)8-12-24(20(17)26)14-30-21(27)15-4-1-2-5-15/h3,6-8,12,15,19H,1-2,4-5,9-11,13-14,23H2/t19-/m0/s1. The Morgan fingerprint density at radius 2 is 1.87 bits per heavy atom. The molecule has 2 aliphatic carbocycles. The smallest absolute Gasteiger partial charge is 0.310 e. The molecular weight excluding hydrogens is 418 g/mol. The number of sulfonamides is 1. The zero-order valence-electron chi connectivity index (χ0n) is 17.3. The van der Waals surface area contributed by atoms with Crippen LogP contribution in [0, 0.1) is 5.92 Å². The highest BCUT2D eigenvalue weighted by Crippen LogP contribution is 2.51. The summed E-state index contributed by atoms with van der Waals surface area (Å²) in [6.45, 7) is 0.221. The number of hydrogen-bond donors (Lipinski definition) is 1. The van der Waals surface area contributed by atoms with E-state index in [9.17, 15) is 18.0 Å². The predicted molar refractivity (Wildman–Crippen MR) is 115 cm³/mol. The molecule has 1 spiro atoms. The molecule has 31 heavy (non-hydrogen) atoms. The molecule has 1 aromatic carbocycles. The average molecular weight is 446 g/mol. The predicted octanol–water partition coefficient (Wildman–Crippen LogP) is 1.95. The van der Waals surface area contributed by atoms with Crippen LogP contribution in [0.2, 0.25) is 0 Å². The average Bonchev–Trinajstić information content (AvgIpc) is 3.21. The van der Waals surface area contributed by atoms with Crippen LogP contribution >= 0.6 is 0 Å². The topological polar surface area (TPSA) is 112 Å².